The van der Waals surface area contributed by atoms with Crippen molar-refractivity contribution in [1.29, 1.82) is 0 Å². The maximum Gasteiger partial charge on any atom is 0.0559 e. The van der Waals surface area contributed by atoms with Crippen LogP contribution in [0.15, 0.2) is 18.5 Å². The Morgan fingerprint density at radius 1 is 1.38 bits per heavy atom. The number of rotatable bonds is 6. The van der Waals surface area contributed by atoms with E-state index < -0.39 is 0 Å². The van der Waals surface area contributed by atoms with E-state index in [9.17, 15) is 0 Å². The second kappa shape index (κ2) is 6.01. The van der Waals surface area contributed by atoms with E-state index >= 15 is 0 Å². The third kappa shape index (κ3) is 3.61. The fraction of sp³-hybridized carbons (Fsp3) is 0.750. The van der Waals surface area contributed by atoms with Gasteiger partial charge in [0.2, 0.25) is 0 Å². The summed E-state index contributed by atoms with van der Waals surface area (Å²) in [5.74, 6) is 0. The molecule has 1 fully saturated rings. The van der Waals surface area contributed by atoms with Crippen molar-refractivity contribution in [2.75, 3.05) is 26.2 Å². The van der Waals surface area contributed by atoms with Crippen LogP contribution < -0.4 is 5.32 Å². The van der Waals surface area contributed by atoms with Gasteiger partial charge in [-0.25, -0.2) is 0 Å². The SMILES string of the molecule is CC(Cn1cccn1)NCCN1CCCC1. The Hall–Kier alpha value is -0.870. The molecule has 1 aliphatic heterocycles. The zero-order chi connectivity index (χ0) is 11.2. The van der Waals surface area contributed by atoms with Gasteiger partial charge >= 0.3 is 0 Å². The first-order valence-electron chi connectivity index (χ1n) is 6.28. The summed E-state index contributed by atoms with van der Waals surface area (Å²) in [6.45, 7) is 8.01. The third-order valence-electron chi connectivity index (χ3n) is 3.14. The fourth-order valence-electron chi connectivity index (χ4n) is 2.23. The van der Waals surface area contributed by atoms with E-state index in [0.29, 0.717) is 6.04 Å². The van der Waals surface area contributed by atoms with Gasteiger partial charge in [0.1, 0.15) is 0 Å². The normalized spacial score (nSPS) is 19.1. The molecule has 90 valence electrons. The first-order chi connectivity index (χ1) is 7.84. The minimum absolute atomic E-state index is 0.488. The molecule has 4 nitrogen and oxygen atoms in total. The lowest BCUT2D eigenvalue weighted by molar-refractivity contribution is 0.323. The molecule has 1 atom stereocenters. The summed E-state index contributed by atoms with van der Waals surface area (Å²) in [6.07, 6.45) is 6.60. The van der Waals surface area contributed by atoms with Gasteiger partial charge in [0.05, 0.1) is 6.54 Å². The lowest BCUT2D eigenvalue weighted by atomic mass is 10.3. The quantitative estimate of drug-likeness (QED) is 0.778. The summed E-state index contributed by atoms with van der Waals surface area (Å²) in [5, 5.41) is 7.75. The average molecular weight is 222 g/mol. The Balaban J connectivity index is 1.58. The van der Waals surface area contributed by atoms with Crippen LogP contribution >= 0.6 is 0 Å². The van der Waals surface area contributed by atoms with Gasteiger partial charge in [0, 0.05) is 31.5 Å². The summed E-state index contributed by atoms with van der Waals surface area (Å²) in [6, 6.07) is 2.46. The molecule has 1 aromatic rings. The summed E-state index contributed by atoms with van der Waals surface area (Å²) < 4.78 is 1.98. The van der Waals surface area contributed by atoms with Crippen molar-refractivity contribution in [3.8, 4) is 0 Å². The van der Waals surface area contributed by atoms with Crippen LogP contribution in [-0.4, -0.2) is 46.9 Å². The molecule has 2 heterocycles. The van der Waals surface area contributed by atoms with Crippen LogP contribution in [0.3, 0.4) is 0 Å². The lowest BCUT2D eigenvalue weighted by Crippen LogP contribution is -2.36. The highest BCUT2D eigenvalue weighted by Crippen LogP contribution is 2.05. The Morgan fingerprint density at radius 3 is 2.88 bits per heavy atom. The highest BCUT2D eigenvalue weighted by atomic mass is 15.3. The van der Waals surface area contributed by atoms with Crippen LogP contribution in [0, 0.1) is 0 Å². The molecule has 0 radical (unpaired) electrons. The minimum Gasteiger partial charge on any atom is -0.311 e. The molecule has 4 heteroatoms. The lowest BCUT2D eigenvalue weighted by Gasteiger charge is -2.18. The monoisotopic (exact) mass is 222 g/mol. The van der Waals surface area contributed by atoms with E-state index in [-0.39, 0.29) is 0 Å². The second-order valence-corrected chi connectivity index (χ2v) is 4.63. The third-order valence-corrected chi connectivity index (χ3v) is 3.14. The summed E-state index contributed by atoms with van der Waals surface area (Å²) in [7, 11) is 0. The highest BCUT2D eigenvalue weighted by molar-refractivity contribution is 4.79. The van der Waals surface area contributed by atoms with Gasteiger partial charge in [-0.1, -0.05) is 0 Å². The van der Waals surface area contributed by atoms with Crippen molar-refractivity contribution in [1.82, 2.24) is 20.0 Å². The molecule has 2 rings (SSSR count). The summed E-state index contributed by atoms with van der Waals surface area (Å²) in [4.78, 5) is 2.54. The van der Waals surface area contributed by atoms with Gasteiger partial charge in [-0.15, -0.1) is 0 Å². The molecule has 16 heavy (non-hydrogen) atoms. The molecule has 0 spiro atoms. The number of hydrogen-bond acceptors (Lipinski definition) is 3. The number of nitrogens with zero attached hydrogens (tertiary/aromatic N) is 3. The molecule has 0 aromatic carbocycles. The molecule has 1 N–H and O–H groups in total. The van der Waals surface area contributed by atoms with Crippen molar-refractivity contribution in [2.24, 2.45) is 0 Å². The fourth-order valence-corrected chi connectivity index (χ4v) is 2.23. The summed E-state index contributed by atoms with van der Waals surface area (Å²) in [5.41, 5.74) is 0. The van der Waals surface area contributed by atoms with Gasteiger partial charge in [0.25, 0.3) is 0 Å². The largest absolute Gasteiger partial charge is 0.311 e. The topological polar surface area (TPSA) is 33.1 Å². The second-order valence-electron chi connectivity index (χ2n) is 4.63. The first-order valence-corrected chi connectivity index (χ1v) is 6.28. The van der Waals surface area contributed by atoms with Crippen LogP contribution in [-0.2, 0) is 6.54 Å². The molecule has 1 unspecified atom stereocenters. The zero-order valence-corrected chi connectivity index (χ0v) is 10.1. The Bertz CT molecular complexity index is 277. The molecule has 1 aromatic heterocycles. The Morgan fingerprint density at radius 2 is 2.19 bits per heavy atom. The number of nitrogens with one attached hydrogen (secondary N) is 1. The molecular formula is C12H22N4. The zero-order valence-electron chi connectivity index (χ0n) is 10.1. The van der Waals surface area contributed by atoms with Crippen LogP contribution in [0.4, 0.5) is 0 Å². The van der Waals surface area contributed by atoms with Gasteiger partial charge in [-0.2, -0.15) is 5.10 Å². The van der Waals surface area contributed by atoms with Gasteiger partial charge in [-0.3, -0.25) is 4.68 Å². The average Bonchev–Trinajstić information content (AvgIpc) is 2.90. The van der Waals surface area contributed by atoms with E-state index in [2.05, 4.69) is 22.2 Å². The van der Waals surface area contributed by atoms with Crippen molar-refractivity contribution in [3.63, 3.8) is 0 Å². The van der Waals surface area contributed by atoms with Crippen LogP contribution in [0.1, 0.15) is 19.8 Å². The number of aromatic nitrogens is 2. The Labute approximate surface area is 97.6 Å². The predicted molar refractivity (Wildman–Crippen MR) is 65.4 cm³/mol. The van der Waals surface area contributed by atoms with Crippen LogP contribution in [0.5, 0.6) is 0 Å². The number of likely N-dealkylation sites (tertiary alicyclic amines) is 1. The maximum absolute atomic E-state index is 4.21. The predicted octanol–water partition coefficient (Wildman–Crippen LogP) is 0.957. The molecular weight excluding hydrogens is 200 g/mol. The van der Waals surface area contributed by atoms with E-state index in [1.165, 1.54) is 32.5 Å². The molecule has 0 saturated carbocycles. The smallest absolute Gasteiger partial charge is 0.0559 e. The van der Waals surface area contributed by atoms with Gasteiger partial charge < -0.3 is 10.2 Å². The van der Waals surface area contributed by atoms with E-state index in [1.54, 1.807) is 0 Å². The highest BCUT2D eigenvalue weighted by Gasteiger charge is 2.10. The molecule has 1 saturated heterocycles. The standard InChI is InChI=1S/C12H22N4/c1-12(11-16-9-4-5-14-16)13-6-10-15-7-2-3-8-15/h4-5,9,12-13H,2-3,6-8,10-11H2,1H3. The van der Waals surface area contributed by atoms with Crippen molar-refractivity contribution >= 4 is 0 Å². The molecule has 1 aliphatic rings. The van der Waals surface area contributed by atoms with Gasteiger partial charge in [-0.05, 0) is 38.9 Å². The van der Waals surface area contributed by atoms with Crippen LogP contribution in [0.2, 0.25) is 0 Å². The molecule has 0 amide bonds. The maximum atomic E-state index is 4.21. The van der Waals surface area contributed by atoms with E-state index in [4.69, 9.17) is 0 Å². The van der Waals surface area contributed by atoms with Crippen LogP contribution in [0.25, 0.3) is 0 Å². The molecule has 0 bridgehead atoms. The van der Waals surface area contributed by atoms with Crippen molar-refractivity contribution in [3.05, 3.63) is 18.5 Å². The number of hydrogen-bond donors (Lipinski definition) is 1. The minimum atomic E-state index is 0.488. The summed E-state index contributed by atoms with van der Waals surface area (Å²) >= 11 is 0. The van der Waals surface area contributed by atoms with Crippen molar-refractivity contribution < 1.29 is 0 Å². The van der Waals surface area contributed by atoms with Gasteiger partial charge in [0.15, 0.2) is 0 Å². The molecule has 0 aliphatic carbocycles. The first kappa shape index (κ1) is 11.6. The van der Waals surface area contributed by atoms with E-state index in [1.807, 2.05) is 23.1 Å². The van der Waals surface area contributed by atoms with Crippen molar-refractivity contribution in [2.45, 2.75) is 32.4 Å². The Kier molecular flexibility index (Phi) is 4.36. The van der Waals surface area contributed by atoms with E-state index in [0.717, 1.165) is 13.1 Å².